The predicted molar refractivity (Wildman–Crippen MR) is 203 cm³/mol. The van der Waals surface area contributed by atoms with Crippen LogP contribution in [-0.2, 0) is 19.1 Å². The fraction of sp³-hybridized carbons (Fsp3) is 0.912. The largest absolute Gasteiger partial charge is 0.481 e. The van der Waals surface area contributed by atoms with Crippen LogP contribution in [0.2, 0.25) is 0 Å². The second-order valence-corrected chi connectivity index (χ2v) is 17.9. The summed E-state index contributed by atoms with van der Waals surface area (Å²) < 4.78 is 34.9. The summed E-state index contributed by atoms with van der Waals surface area (Å²) in [5.74, 6) is -5.42. The molecule has 0 radical (unpaired) electrons. The third kappa shape index (κ3) is 12.5. The van der Waals surface area contributed by atoms with Gasteiger partial charge in [-0.15, -0.1) is 0 Å². The number of carbonyl (C=O) groups is 3. The highest BCUT2D eigenvalue weighted by atomic mass is 32.3. The van der Waals surface area contributed by atoms with Crippen LogP contribution in [0.15, 0.2) is 20.5 Å². The van der Waals surface area contributed by atoms with E-state index in [1.165, 1.54) is 0 Å². The minimum Gasteiger partial charge on any atom is -0.481 e. The summed E-state index contributed by atoms with van der Waals surface area (Å²) in [6.07, 6.45) is 4.25. The van der Waals surface area contributed by atoms with Crippen LogP contribution >= 0.6 is 10.9 Å². The number of hydrogen-bond acceptors (Lipinski definition) is 18. The first-order valence-electron chi connectivity index (χ1n) is 19.8. The van der Waals surface area contributed by atoms with Gasteiger partial charge in [-0.05, 0) is 83.0 Å². The lowest BCUT2D eigenvalue weighted by molar-refractivity contribution is -0.148. The Morgan fingerprint density at radius 1 is 0.696 bits per heavy atom. The molecule has 1 saturated heterocycles. The Hall–Kier alpha value is -2.48. The van der Waals surface area contributed by atoms with Crippen molar-refractivity contribution in [2.75, 3.05) is 20.3 Å². The summed E-state index contributed by atoms with van der Waals surface area (Å²) in [5, 5.41) is 76.4. The van der Waals surface area contributed by atoms with E-state index in [0.29, 0.717) is 25.8 Å². The SMILES string of the molecule is COC1CC(N=NC2CC(C(=O)O)CC(C(=O)O)C2)CCC1NC1NC(NCCO)NC(NC2CCC(N=NC3CCC(S(O)(O)O)CC3C(=O)O)C(C)C2)N1. The molecule has 0 bridgehead atoms. The highest BCUT2D eigenvalue weighted by Crippen LogP contribution is 2.48. The Morgan fingerprint density at radius 3 is 1.93 bits per heavy atom. The van der Waals surface area contributed by atoms with Crippen molar-refractivity contribution in [1.29, 1.82) is 0 Å². The number of methoxy groups -OCH3 is 1. The van der Waals surface area contributed by atoms with Gasteiger partial charge in [-0.1, -0.05) is 6.92 Å². The van der Waals surface area contributed by atoms with Gasteiger partial charge in [0.1, 0.15) is 18.9 Å². The lowest BCUT2D eigenvalue weighted by Gasteiger charge is -2.44. The normalized spacial score (nSPS) is 40.4. The molecule has 22 heteroatoms. The first kappa shape index (κ1) is 44.6. The van der Waals surface area contributed by atoms with E-state index in [1.54, 1.807) is 7.11 Å². The summed E-state index contributed by atoms with van der Waals surface area (Å²) >= 11 is 0. The van der Waals surface area contributed by atoms with Crippen LogP contribution in [0.3, 0.4) is 0 Å². The molecule has 5 fully saturated rings. The zero-order valence-corrected chi connectivity index (χ0v) is 32.8. The van der Waals surface area contributed by atoms with E-state index in [2.05, 4.69) is 59.3 Å². The number of carboxylic acids is 3. The average molecular weight is 819 g/mol. The monoisotopic (exact) mass is 818 g/mol. The molecule has 0 aromatic heterocycles. The summed E-state index contributed by atoms with van der Waals surface area (Å²) in [7, 11) is -2.18. The average Bonchev–Trinajstić information content (AvgIpc) is 3.15. The second-order valence-electron chi connectivity index (χ2n) is 16.1. The Balaban J connectivity index is 1.12. The number of aliphatic hydroxyl groups excluding tert-OH is 1. The first-order valence-corrected chi connectivity index (χ1v) is 21.3. The molecule has 13 N–H and O–H groups in total. The van der Waals surface area contributed by atoms with Crippen molar-refractivity contribution in [2.45, 2.75) is 150 Å². The highest BCUT2D eigenvalue weighted by molar-refractivity contribution is 8.19. The van der Waals surface area contributed by atoms with E-state index >= 15 is 0 Å². The maximum atomic E-state index is 11.9. The van der Waals surface area contributed by atoms with Crippen molar-refractivity contribution in [3.05, 3.63) is 0 Å². The number of azo groups is 2. The van der Waals surface area contributed by atoms with Gasteiger partial charge >= 0.3 is 17.9 Å². The summed E-state index contributed by atoms with van der Waals surface area (Å²) in [6, 6.07) is -1.20. The molecule has 56 heavy (non-hydrogen) atoms. The topological polar surface area (TPSA) is 324 Å². The van der Waals surface area contributed by atoms with Crippen molar-refractivity contribution in [1.82, 2.24) is 31.9 Å². The fourth-order valence-electron chi connectivity index (χ4n) is 8.93. The van der Waals surface area contributed by atoms with Gasteiger partial charge in [0.25, 0.3) is 0 Å². The van der Waals surface area contributed by atoms with Crippen LogP contribution in [0.5, 0.6) is 0 Å². The van der Waals surface area contributed by atoms with E-state index in [0.717, 1.165) is 25.7 Å². The number of nitrogens with zero attached hydrogens (tertiary/aromatic N) is 4. The number of hydrogen-bond donors (Lipinski definition) is 13. The quantitative estimate of drug-likeness (QED) is 0.0983. The molecule has 0 aromatic rings. The lowest BCUT2D eigenvalue weighted by atomic mass is 9.79. The lowest BCUT2D eigenvalue weighted by Crippen LogP contribution is -2.79. The zero-order valence-electron chi connectivity index (χ0n) is 32.0. The van der Waals surface area contributed by atoms with Gasteiger partial charge in [-0.3, -0.25) is 46.3 Å². The maximum Gasteiger partial charge on any atom is 0.308 e. The van der Waals surface area contributed by atoms with Crippen LogP contribution in [0.4, 0.5) is 0 Å². The van der Waals surface area contributed by atoms with Crippen molar-refractivity contribution >= 4 is 28.8 Å². The van der Waals surface area contributed by atoms with Crippen molar-refractivity contribution in [2.24, 2.45) is 44.1 Å². The van der Waals surface area contributed by atoms with Crippen molar-refractivity contribution in [3.63, 3.8) is 0 Å². The van der Waals surface area contributed by atoms with E-state index in [-0.39, 0.29) is 93.8 Å². The van der Waals surface area contributed by atoms with Crippen LogP contribution in [0.25, 0.3) is 0 Å². The number of aliphatic hydroxyl groups is 1. The number of nitrogens with one attached hydrogen (secondary N) is 6. The summed E-state index contributed by atoms with van der Waals surface area (Å²) in [4.78, 5) is 35.2. The Labute approximate surface area is 328 Å². The van der Waals surface area contributed by atoms with Gasteiger partial charge in [0, 0.05) is 25.7 Å². The molecule has 5 aliphatic rings. The summed E-state index contributed by atoms with van der Waals surface area (Å²) in [5.41, 5.74) is 0. The van der Waals surface area contributed by atoms with E-state index in [4.69, 9.17) is 4.74 Å². The molecule has 0 aromatic carbocycles. The van der Waals surface area contributed by atoms with Gasteiger partial charge < -0.3 is 38.8 Å². The van der Waals surface area contributed by atoms with Crippen molar-refractivity contribution in [3.8, 4) is 0 Å². The number of aliphatic carboxylic acids is 3. The highest BCUT2D eigenvalue weighted by Gasteiger charge is 2.42. The summed E-state index contributed by atoms with van der Waals surface area (Å²) in [6.45, 7) is 2.42. The minimum atomic E-state index is -3.83. The zero-order chi connectivity index (χ0) is 40.6. The molecule has 1 aliphatic heterocycles. The van der Waals surface area contributed by atoms with Gasteiger partial charge in [0.15, 0.2) is 0 Å². The molecule has 4 aliphatic carbocycles. The fourth-order valence-corrected chi connectivity index (χ4v) is 9.85. The van der Waals surface area contributed by atoms with Crippen LogP contribution in [0, 0.1) is 23.7 Å². The number of ether oxygens (including phenoxy) is 1. The Kier molecular flexibility index (Phi) is 16.3. The maximum absolute atomic E-state index is 11.9. The molecular formula is C34H62N10O11S. The van der Waals surface area contributed by atoms with Gasteiger partial charge in [0.05, 0.1) is 70.8 Å². The molecule has 0 amide bonds. The van der Waals surface area contributed by atoms with E-state index in [1.807, 2.05) is 0 Å². The van der Waals surface area contributed by atoms with Gasteiger partial charge in [-0.2, -0.15) is 20.5 Å². The van der Waals surface area contributed by atoms with Gasteiger partial charge in [-0.25, -0.2) is 0 Å². The van der Waals surface area contributed by atoms with Crippen LogP contribution < -0.4 is 31.9 Å². The molecule has 21 nitrogen and oxygen atoms in total. The third-order valence-corrected chi connectivity index (χ3v) is 13.4. The van der Waals surface area contributed by atoms with Gasteiger partial charge in [0.2, 0.25) is 0 Å². The van der Waals surface area contributed by atoms with E-state index < -0.39 is 63.9 Å². The molecule has 1 heterocycles. The van der Waals surface area contributed by atoms with Crippen LogP contribution in [0.1, 0.15) is 84.0 Å². The second kappa shape index (κ2) is 20.5. The molecule has 320 valence electrons. The molecular weight excluding hydrogens is 757 g/mol. The van der Waals surface area contributed by atoms with Crippen LogP contribution in [-0.4, -0.2) is 139 Å². The Bertz CT molecular complexity index is 1360. The molecule has 14 atom stereocenters. The minimum absolute atomic E-state index is 0.0422. The smallest absolute Gasteiger partial charge is 0.308 e. The predicted octanol–water partition coefficient (Wildman–Crippen LogP) is 1.58. The third-order valence-electron chi connectivity index (χ3n) is 12.1. The molecule has 5 rings (SSSR count). The van der Waals surface area contributed by atoms with E-state index in [9.17, 15) is 48.5 Å². The Morgan fingerprint density at radius 2 is 1.32 bits per heavy atom. The molecule has 4 saturated carbocycles. The molecule has 14 unspecified atom stereocenters. The first-order chi connectivity index (χ1) is 26.6. The number of rotatable bonds is 16. The number of carboxylic acid groups (broad SMARTS) is 3. The van der Waals surface area contributed by atoms with Crippen molar-refractivity contribution < 1.29 is 53.2 Å². The standard InChI is InChI=1S/C34H62N10O11S/c1-17-11-20(3-6-25(17)43-44-26-8-5-23(56(52,53)54)16-24(26)31(50)51)36-33-38-32(35-9-10-45)39-34(40-33)37-27-7-4-21(15-28(27)55-2)41-42-22-13-18(29(46)47)12-19(14-22)30(48)49/h17-28,32-40,45,52-54H,3-16H2,1-2H3,(H,46,47)(H,48,49)(H,50,51). The molecule has 0 spiro atoms.